The van der Waals surface area contributed by atoms with Gasteiger partial charge in [0.15, 0.2) is 5.69 Å². The first-order chi connectivity index (χ1) is 19.9. The summed E-state index contributed by atoms with van der Waals surface area (Å²) in [6.45, 7) is 7.46. The number of anilines is 1. The van der Waals surface area contributed by atoms with Crippen LogP contribution in [-0.2, 0) is 24.1 Å². The number of ether oxygens (including phenoxy) is 1. The molecule has 1 N–H and O–H groups in total. The number of carbonyl (C=O) groups excluding carboxylic acids is 1. The first-order valence-corrected chi connectivity index (χ1v) is 13.8. The van der Waals surface area contributed by atoms with Crippen molar-refractivity contribution in [1.82, 2.24) is 34.1 Å². The Bertz CT molecular complexity index is 1610. The van der Waals surface area contributed by atoms with Crippen molar-refractivity contribution in [3.05, 3.63) is 46.9 Å². The standard InChI is InChI=1S/C27H30ClF3N8O3/c1-15(2)36-14-21(27(29,30)31)33-25(36)18-6-5-17(11-20(18)42-10-9-40)13-37-22(41)7-8-38-26(37)34-24(35-38)23-19(28)12-32-39(23)16(3)4/h5-6,11-12,14-16,40H,7-10,13H2,1-4H3. The maximum absolute atomic E-state index is 13.5. The van der Waals surface area contributed by atoms with E-state index in [0.717, 1.165) is 6.20 Å². The Morgan fingerprint density at radius 2 is 1.90 bits per heavy atom. The maximum atomic E-state index is 13.5. The number of aromatic nitrogens is 7. The number of halogens is 4. The zero-order valence-corrected chi connectivity index (χ0v) is 24.2. The minimum atomic E-state index is -4.62. The molecule has 4 heterocycles. The van der Waals surface area contributed by atoms with Crippen LogP contribution in [0.15, 0.2) is 30.6 Å². The summed E-state index contributed by atoms with van der Waals surface area (Å²) in [5, 5.41) is 18.7. The number of imidazole rings is 1. The van der Waals surface area contributed by atoms with Crippen LogP contribution < -0.4 is 9.64 Å². The van der Waals surface area contributed by atoms with Gasteiger partial charge in [-0.15, -0.1) is 5.10 Å². The number of fused-ring (bicyclic) bond motifs is 1. The summed E-state index contributed by atoms with van der Waals surface area (Å²) in [7, 11) is 0. The molecular formula is C27H30ClF3N8O3. The zero-order chi connectivity index (χ0) is 30.3. The molecule has 0 saturated carbocycles. The van der Waals surface area contributed by atoms with E-state index in [2.05, 4.69) is 20.2 Å². The quantitative estimate of drug-likeness (QED) is 0.280. The van der Waals surface area contributed by atoms with Crippen LogP contribution in [-0.4, -0.2) is 58.3 Å². The van der Waals surface area contributed by atoms with Gasteiger partial charge in [0.05, 0.1) is 36.5 Å². The average Bonchev–Trinajstić information content (AvgIpc) is 3.65. The molecule has 0 spiro atoms. The van der Waals surface area contributed by atoms with Crippen LogP contribution in [0.2, 0.25) is 5.02 Å². The van der Waals surface area contributed by atoms with Crippen LogP contribution in [0.5, 0.6) is 5.75 Å². The molecule has 5 rings (SSSR count). The summed E-state index contributed by atoms with van der Waals surface area (Å²) >= 11 is 6.41. The molecule has 224 valence electrons. The van der Waals surface area contributed by atoms with E-state index in [4.69, 9.17) is 16.3 Å². The molecule has 1 aromatic carbocycles. The Hall–Kier alpha value is -3.91. The van der Waals surface area contributed by atoms with E-state index < -0.39 is 11.9 Å². The second kappa shape index (κ2) is 11.4. The largest absolute Gasteiger partial charge is 0.490 e. The van der Waals surface area contributed by atoms with Crippen molar-refractivity contribution < 1.29 is 27.8 Å². The molecule has 1 aliphatic heterocycles. The molecule has 0 atom stereocenters. The SMILES string of the molecule is CC(C)n1cc(C(F)(F)F)nc1-c1ccc(CN2C(=O)CCn3nc(-c4c(Cl)cnn4C(C)C)nc32)cc1OCCO. The Balaban J connectivity index is 1.52. The lowest BCUT2D eigenvalue weighted by atomic mass is 10.1. The highest BCUT2D eigenvalue weighted by molar-refractivity contribution is 6.32. The van der Waals surface area contributed by atoms with Crippen LogP contribution in [0.1, 0.15) is 57.5 Å². The molecule has 0 bridgehead atoms. The number of aliphatic hydroxyl groups is 1. The lowest BCUT2D eigenvalue weighted by Crippen LogP contribution is -2.37. The fraction of sp³-hybridized carbons (Fsp3) is 0.444. The van der Waals surface area contributed by atoms with E-state index in [0.29, 0.717) is 40.2 Å². The molecule has 4 aromatic rings. The highest BCUT2D eigenvalue weighted by atomic mass is 35.5. The number of carbonyl (C=O) groups is 1. The van der Waals surface area contributed by atoms with Gasteiger partial charge in [-0.05, 0) is 45.4 Å². The molecule has 0 aliphatic carbocycles. The van der Waals surface area contributed by atoms with Gasteiger partial charge in [-0.2, -0.15) is 23.3 Å². The van der Waals surface area contributed by atoms with Crippen molar-refractivity contribution in [2.75, 3.05) is 18.1 Å². The van der Waals surface area contributed by atoms with Gasteiger partial charge in [-0.1, -0.05) is 17.7 Å². The highest BCUT2D eigenvalue weighted by Crippen LogP contribution is 2.37. The molecule has 1 amide bonds. The summed E-state index contributed by atoms with van der Waals surface area (Å²) in [4.78, 5) is 23.1. The van der Waals surface area contributed by atoms with Gasteiger partial charge in [0, 0.05) is 24.7 Å². The lowest BCUT2D eigenvalue weighted by Gasteiger charge is -2.26. The normalized spacial score (nSPS) is 13.9. The van der Waals surface area contributed by atoms with E-state index in [9.17, 15) is 23.1 Å². The summed E-state index contributed by atoms with van der Waals surface area (Å²) in [6, 6.07) is 4.61. The van der Waals surface area contributed by atoms with Crippen LogP contribution in [0, 0.1) is 0 Å². The molecule has 0 fully saturated rings. The minimum absolute atomic E-state index is 0.000113. The van der Waals surface area contributed by atoms with Crippen molar-refractivity contribution >= 4 is 23.5 Å². The van der Waals surface area contributed by atoms with Crippen LogP contribution >= 0.6 is 11.6 Å². The molecular weight excluding hydrogens is 577 g/mol. The summed E-state index contributed by atoms with van der Waals surface area (Å²) in [5.74, 6) is 0.804. The smallest absolute Gasteiger partial charge is 0.434 e. The number of nitrogens with zero attached hydrogens (tertiary/aromatic N) is 8. The molecule has 0 radical (unpaired) electrons. The molecule has 15 heteroatoms. The van der Waals surface area contributed by atoms with Gasteiger partial charge >= 0.3 is 6.18 Å². The number of rotatable bonds is 9. The average molecular weight is 607 g/mol. The first kappa shape index (κ1) is 29.6. The second-order valence-electron chi connectivity index (χ2n) is 10.4. The second-order valence-corrected chi connectivity index (χ2v) is 10.8. The van der Waals surface area contributed by atoms with Gasteiger partial charge in [0.2, 0.25) is 17.7 Å². The van der Waals surface area contributed by atoms with Crippen molar-refractivity contribution in [3.63, 3.8) is 0 Å². The van der Waals surface area contributed by atoms with Crippen molar-refractivity contribution in [2.45, 2.75) is 65.5 Å². The molecule has 3 aromatic heterocycles. The number of alkyl halides is 3. The number of aliphatic hydroxyl groups excluding tert-OH is 1. The van der Waals surface area contributed by atoms with Gasteiger partial charge in [0.25, 0.3) is 0 Å². The highest BCUT2D eigenvalue weighted by Gasteiger charge is 2.36. The fourth-order valence-corrected chi connectivity index (χ4v) is 4.98. The third-order valence-electron chi connectivity index (χ3n) is 6.74. The lowest BCUT2D eigenvalue weighted by molar-refractivity contribution is -0.141. The Morgan fingerprint density at radius 1 is 1.14 bits per heavy atom. The number of hydrogen-bond donors (Lipinski definition) is 1. The Morgan fingerprint density at radius 3 is 2.57 bits per heavy atom. The number of hydrogen-bond acceptors (Lipinski definition) is 7. The molecule has 42 heavy (non-hydrogen) atoms. The Labute approximate surface area is 244 Å². The van der Waals surface area contributed by atoms with Crippen molar-refractivity contribution in [2.24, 2.45) is 0 Å². The Kier molecular flexibility index (Phi) is 8.03. The summed E-state index contributed by atoms with van der Waals surface area (Å²) in [5.41, 5.74) is 0.477. The van der Waals surface area contributed by atoms with Crippen molar-refractivity contribution in [1.29, 1.82) is 0 Å². The monoisotopic (exact) mass is 606 g/mol. The zero-order valence-electron chi connectivity index (χ0n) is 23.4. The topological polar surface area (TPSA) is 116 Å². The predicted octanol–water partition coefficient (Wildman–Crippen LogP) is 5.15. The first-order valence-electron chi connectivity index (χ1n) is 13.4. The third kappa shape index (κ3) is 5.60. The number of aryl methyl sites for hydroxylation is 1. The third-order valence-corrected chi connectivity index (χ3v) is 7.02. The molecule has 11 nitrogen and oxygen atoms in total. The van der Waals surface area contributed by atoms with E-state index >= 15 is 0 Å². The van der Waals surface area contributed by atoms with Crippen LogP contribution in [0.4, 0.5) is 19.1 Å². The van der Waals surface area contributed by atoms with Crippen LogP contribution in [0.25, 0.3) is 22.9 Å². The van der Waals surface area contributed by atoms with E-state index in [1.807, 2.05) is 13.8 Å². The molecule has 0 saturated heterocycles. The predicted molar refractivity (Wildman–Crippen MR) is 148 cm³/mol. The number of benzene rings is 1. The van der Waals surface area contributed by atoms with Gasteiger partial charge in [-0.25, -0.2) is 9.67 Å². The van der Waals surface area contributed by atoms with Gasteiger partial charge in [-0.3, -0.25) is 14.4 Å². The van der Waals surface area contributed by atoms with Crippen molar-refractivity contribution in [3.8, 4) is 28.7 Å². The van der Waals surface area contributed by atoms with E-state index in [1.165, 1.54) is 15.7 Å². The van der Waals surface area contributed by atoms with E-state index in [1.54, 1.807) is 41.4 Å². The van der Waals surface area contributed by atoms with E-state index in [-0.39, 0.29) is 55.7 Å². The van der Waals surface area contributed by atoms with Crippen LogP contribution in [0.3, 0.4) is 0 Å². The van der Waals surface area contributed by atoms with Gasteiger partial charge in [0.1, 0.15) is 23.9 Å². The molecule has 1 aliphatic rings. The summed E-state index contributed by atoms with van der Waals surface area (Å²) < 4.78 is 51.1. The van der Waals surface area contributed by atoms with Gasteiger partial charge < -0.3 is 14.4 Å². The molecule has 0 unspecified atom stereocenters. The fourth-order valence-electron chi connectivity index (χ4n) is 4.76. The summed E-state index contributed by atoms with van der Waals surface area (Å²) in [6.07, 6.45) is -1.93. The minimum Gasteiger partial charge on any atom is -0.490 e. The number of amides is 1. The maximum Gasteiger partial charge on any atom is 0.434 e.